The molecule has 94 valence electrons. The molecule has 0 nitrogen and oxygen atoms in total. The molecule has 0 aromatic rings. The summed E-state index contributed by atoms with van der Waals surface area (Å²) in [6.07, 6.45) is 1.24. The van der Waals surface area contributed by atoms with Crippen LogP contribution in [-0.2, 0) is 0 Å². The number of hydrogen-bond acceptors (Lipinski definition) is 0. The summed E-state index contributed by atoms with van der Waals surface area (Å²) >= 11 is 0.662. The fourth-order valence-electron chi connectivity index (χ4n) is 3.30. The third-order valence-electron chi connectivity index (χ3n) is 4.25. The van der Waals surface area contributed by atoms with Crippen LogP contribution in [0.5, 0.6) is 0 Å². The van der Waals surface area contributed by atoms with Crippen LogP contribution in [0, 0.1) is 5.41 Å². The van der Waals surface area contributed by atoms with Crippen LogP contribution in [0.15, 0.2) is 34.4 Å². The maximum atomic E-state index is 4.38. The van der Waals surface area contributed by atoms with E-state index in [1.54, 1.807) is 16.7 Å². The van der Waals surface area contributed by atoms with Crippen molar-refractivity contribution in [1.82, 2.24) is 0 Å². The van der Waals surface area contributed by atoms with Crippen LogP contribution < -0.4 is 0 Å². The van der Waals surface area contributed by atoms with Gasteiger partial charge in [-0.3, -0.25) is 0 Å². The van der Waals surface area contributed by atoms with Gasteiger partial charge in [0.2, 0.25) is 0 Å². The molecule has 0 fully saturated rings. The Morgan fingerprint density at radius 2 is 1.71 bits per heavy atom. The quantitative estimate of drug-likeness (QED) is 0.438. The first-order valence-corrected chi connectivity index (χ1v) is 8.47. The monoisotopic (exact) mass is 296 g/mol. The zero-order valence-corrected chi connectivity index (χ0v) is 13.7. The van der Waals surface area contributed by atoms with Crippen LogP contribution in [0.4, 0.5) is 0 Å². The molecule has 0 saturated heterocycles. The standard InChI is InChI=1S/C16H24Se/c1-10-8-16(17-9-11(10)2)13(4)12(3)14(16)15(5,6)7/h4,8-9H2,1-3,5-7H3. The second-order valence-corrected chi connectivity index (χ2v) is 9.26. The Kier molecular flexibility index (Phi) is 3.00. The SMILES string of the molecule is C=C1C(C)=C(C(C)(C)C)C12CC(C)=C(C)C[Se]2. The van der Waals surface area contributed by atoms with Crippen molar-refractivity contribution in [2.45, 2.75) is 57.6 Å². The minimum atomic E-state index is 0.304. The van der Waals surface area contributed by atoms with Gasteiger partial charge in [-0.25, -0.2) is 0 Å². The molecule has 1 spiro atoms. The molecule has 1 heterocycles. The third kappa shape index (κ3) is 1.79. The van der Waals surface area contributed by atoms with Crippen molar-refractivity contribution in [1.29, 1.82) is 0 Å². The molecule has 17 heavy (non-hydrogen) atoms. The Morgan fingerprint density at radius 1 is 1.12 bits per heavy atom. The van der Waals surface area contributed by atoms with Gasteiger partial charge in [0.1, 0.15) is 0 Å². The zero-order chi connectivity index (χ0) is 13.0. The molecule has 1 heteroatoms. The Morgan fingerprint density at radius 3 is 2.18 bits per heavy atom. The van der Waals surface area contributed by atoms with E-state index in [2.05, 4.69) is 48.1 Å². The van der Waals surface area contributed by atoms with E-state index >= 15 is 0 Å². The van der Waals surface area contributed by atoms with E-state index in [-0.39, 0.29) is 0 Å². The van der Waals surface area contributed by atoms with E-state index in [4.69, 9.17) is 0 Å². The minimum absolute atomic E-state index is 0.304. The average Bonchev–Trinajstić information content (AvgIpc) is 2.21. The third-order valence-corrected chi connectivity index (χ3v) is 7.74. The fourth-order valence-corrected chi connectivity index (χ4v) is 7.41. The fraction of sp³-hybridized carbons (Fsp3) is 0.625. The molecule has 1 aliphatic heterocycles. The number of allylic oxidation sites excluding steroid dienone is 5. The maximum absolute atomic E-state index is 4.38. The molecule has 0 radical (unpaired) electrons. The van der Waals surface area contributed by atoms with E-state index in [0.29, 0.717) is 24.7 Å². The van der Waals surface area contributed by atoms with Crippen LogP contribution in [-0.4, -0.2) is 15.0 Å². The van der Waals surface area contributed by atoms with Crippen LogP contribution >= 0.6 is 0 Å². The second kappa shape index (κ2) is 3.87. The van der Waals surface area contributed by atoms with E-state index in [1.165, 1.54) is 22.9 Å². The average molecular weight is 295 g/mol. The topological polar surface area (TPSA) is 0 Å². The van der Waals surface area contributed by atoms with Crippen LogP contribution in [0.25, 0.3) is 0 Å². The summed E-state index contributed by atoms with van der Waals surface area (Å²) in [6, 6.07) is 0. The van der Waals surface area contributed by atoms with Gasteiger partial charge in [0.25, 0.3) is 0 Å². The predicted octanol–water partition coefficient (Wildman–Crippen LogP) is 4.94. The first-order chi connectivity index (χ1) is 7.70. The molecule has 1 atom stereocenters. The first-order valence-electron chi connectivity index (χ1n) is 6.41. The molecule has 2 rings (SSSR count). The molecule has 0 aromatic heterocycles. The van der Waals surface area contributed by atoms with Crippen LogP contribution in [0.3, 0.4) is 0 Å². The summed E-state index contributed by atoms with van der Waals surface area (Å²) in [5, 5.41) is 1.31. The second-order valence-electron chi connectivity index (χ2n) is 6.58. The zero-order valence-electron chi connectivity index (χ0n) is 12.0. The molecule has 2 aliphatic rings. The van der Waals surface area contributed by atoms with Crippen molar-refractivity contribution >= 4 is 15.0 Å². The van der Waals surface area contributed by atoms with Crippen LogP contribution in [0.2, 0.25) is 9.63 Å². The molecule has 1 unspecified atom stereocenters. The molecule has 1 aliphatic carbocycles. The van der Waals surface area contributed by atoms with Gasteiger partial charge < -0.3 is 0 Å². The molecule has 0 saturated carbocycles. The van der Waals surface area contributed by atoms with Gasteiger partial charge in [-0.1, -0.05) is 0 Å². The molecular weight excluding hydrogens is 271 g/mol. The molecule has 0 N–H and O–H groups in total. The van der Waals surface area contributed by atoms with Crippen LogP contribution in [0.1, 0.15) is 48.0 Å². The van der Waals surface area contributed by atoms with Crippen molar-refractivity contribution in [2.24, 2.45) is 5.41 Å². The summed E-state index contributed by atoms with van der Waals surface area (Å²) < 4.78 is 0.374. The predicted molar refractivity (Wildman–Crippen MR) is 77.5 cm³/mol. The van der Waals surface area contributed by atoms with Gasteiger partial charge in [-0.05, 0) is 0 Å². The van der Waals surface area contributed by atoms with E-state index in [1.807, 2.05) is 0 Å². The Balaban J connectivity index is 2.46. The van der Waals surface area contributed by atoms with Gasteiger partial charge >= 0.3 is 112 Å². The Bertz CT molecular complexity index is 443. The molecule has 0 amide bonds. The van der Waals surface area contributed by atoms with Crippen molar-refractivity contribution < 1.29 is 0 Å². The van der Waals surface area contributed by atoms with Crippen molar-refractivity contribution in [3.05, 3.63) is 34.4 Å². The first kappa shape index (κ1) is 13.2. The van der Waals surface area contributed by atoms with Gasteiger partial charge in [0.05, 0.1) is 0 Å². The van der Waals surface area contributed by atoms with Gasteiger partial charge in [-0.15, -0.1) is 0 Å². The van der Waals surface area contributed by atoms with E-state index < -0.39 is 0 Å². The number of hydrogen-bond donors (Lipinski definition) is 0. The summed E-state index contributed by atoms with van der Waals surface area (Å²) in [4.78, 5) is 0. The van der Waals surface area contributed by atoms with E-state index in [9.17, 15) is 0 Å². The van der Waals surface area contributed by atoms with E-state index in [0.717, 1.165) is 0 Å². The molecule has 0 bridgehead atoms. The van der Waals surface area contributed by atoms with Crippen molar-refractivity contribution in [2.75, 3.05) is 0 Å². The summed E-state index contributed by atoms with van der Waals surface area (Å²) in [5.41, 5.74) is 8.16. The van der Waals surface area contributed by atoms with Gasteiger partial charge in [0.15, 0.2) is 0 Å². The Hall–Kier alpha value is -0.261. The van der Waals surface area contributed by atoms with Crippen molar-refractivity contribution in [3.8, 4) is 0 Å². The molecular formula is C16H24Se. The van der Waals surface area contributed by atoms with Gasteiger partial charge in [-0.2, -0.15) is 0 Å². The summed E-state index contributed by atoms with van der Waals surface area (Å²) in [7, 11) is 0. The molecule has 0 aromatic carbocycles. The summed E-state index contributed by atoms with van der Waals surface area (Å²) in [6.45, 7) is 18.3. The Labute approximate surface area is 112 Å². The van der Waals surface area contributed by atoms with Gasteiger partial charge in [0, 0.05) is 0 Å². The number of rotatable bonds is 0. The van der Waals surface area contributed by atoms with Crippen molar-refractivity contribution in [3.63, 3.8) is 0 Å². The normalized spacial score (nSPS) is 30.1. The summed E-state index contributed by atoms with van der Waals surface area (Å²) in [5.74, 6) is 0.